The van der Waals surface area contributed by atoms with Crippen molar-refractivity contribution in [3.8, 4) is 0 Å². The van der Waals surface area contributed by atoms with Crippen LogP contribution in [-0.4, -0.2) is 55.6 Å². The van der Waals surface area contributed by atoms with Gasteiger partial charge in [0.05, 0.1) is 0 Å². The summed E-state index contributed by atoms with van der Waals surface area (Å²) in [7, 11) is 2.21. The lowest BCUT2D eigenvalue weighted by Gasteiger charge is -2.40. The van der Waals surface area contributed by atoms with Crippen molar-refractivity contribution in [2.24, 2.45) is 0 Å². The summed E-state index contributed by atoms with van der Waals surface area (Å²) in [6, 6.07) is 11.9. The molecule has 1 saturated heterocycles. The van der Waals surface area contributed by atoms with E-state index in [0.717, 1.165) is 6.54 Å². The lowest BCUT2D eigenvalue weighted by atomic mass is 9.98. The second-order valence-corrected chi connectivity index (χ2v) is 5.92. The van der Waals surface area contributed by atoms with Crippen LogP contribution in [-0.2, 0) is 0 Å². The van der Waals surface area contributed by atoms with Gasteiger partial charge in [-0.25, -0.2) is 0 Å². The Labute approximate surface area is 124 Å². The molecule has 0 saturated carbocycles. The van der Waals surface area contributed by atoms with E-state index >= 15 is 0 Å². The van der Waals surface area contributed by atoms with Crippen LogP contribution in [0.15, 0.2) is 30.3 Å². The molecule has 0 amide bonds. The van der Waals surface area contributed by atoms with E-state index in [4.69, 9.17) is 0 Å². The zero-order valence-corrected chi connectivity index (χ0v) is 13.2. The highest BCUT2D eigenvalue weighted by Crippen LogP contribution is 2.22. The predicted octanol–water partition coefficient (Wildman–Crippen LogP) is 2.36. The van der Waals surface area contributed by atoms with Crippen molar-refractivity contribution in [3.05, 3.63) is 35.9 Å². The van der Waals surface area contributed by atoms with Crippen molar-refractivity contribution in [1.29, 1.82) is 0 Å². The van der Waals surface area contributed by atoms with Gasteiger partial charge >= 0.3 is 0 Å². The number of rotatable bonds is 6. The predicted molar refractivity (Wildman–Crippen MR) is 86.0 cm³/mol. The third kappa shape index (κ3) is 4.05. The van der Waals surface area contributed by atoms with Gasteiger partial charge in [0.1, 0.15) is 0 Å². The van der Waals surface area contributed by atoms with E-state index in [-0.39, 0.29) is 0 Å². The van der Waals surface area contributed by atoms with Gasteiger partial charge in [-0.05, 0) is 32.5 Å². The van der Waals surface area contributed by atoms with Crippen LogP contribution in [0, 0.1) is 0 Å². The molecule has 112 valence electrons. The molecule has 2 unspecified atom stereocenters. The van der Waals surface area contributed by atoms with E-state index < -0.39 is 0 Å². The van der Waals surface area contributed by atoms with Gasteiger partial charge in [0.25, 0.3) is 0 Å². The van der Waals surface area contributed by atoms with Crippen LogP contribution in [0.5, 0.6) is 0 Å². The average Bonchev–Trinajstić information content (AvgIpc) is 2.49. The first kappa shape index (κ1) is 15.5. The summed E-state index contributed by atoms with van der Waals surface area (Å²) in [5.41, 5.74) is 1.41. The summed E-state index contributed by atoms with van der Waals surface area (Å²) in [6.45, 7) is 10.4. The summed E-state index contributed by atoms with van der Waals surface area (Å²) in [6.07, 6.45) is 1.18. The molecule has 0 radical (unpaired) electrons. The maximum atomic E-state index is 3.74. The summed E-state index contributed by atoms with van der Waals surface area (Å²) in [4.78, 5) is 5.04. The maximum Gasteiger partial charge on any atom is 0.0475 e. The molecule has 20 heavy (non-hydrogen) atoms. The number of benzene rings is 1. The van der Waals surface area contributed by atoms with Gasteiger partial charge < -0.3 is 10.2 Å². The van der Waals surface area contributed by atoms with Crippen LogP contribution in [0.2, 0.25) is 0 Å². The third-order valence-corrected chi connectivity index (χ3v) is 4.37. The lowest BCUT2D eigenvalue weighted by molar-refractivity contribution is 0.0987. The molecule has 1 heterocycles. The molecule has 2 atom stereocenters. The van der Waals surface area contributed by atoms with Gasteiger partial charge in [-0.3, -0.25) is 4.90 Å². The van der Waals surface area contributed by atoms with Gasteiger partial charge in [0.15, 0.2) is 0 Å². The van der Waals surface area contributed by atoms with Crippen molar-refractivity contribution in [1.82, 2.24) is 15.1 Å². The fourth-order valence-electron chi connectivity index (χ4n) is 2.97. The zero-order valence-electron chi connectivity index (χ0n) is 13.2. The van der Waals surface area contributed by atoms with E-state index in [1.54, 1.807) is 0 Å². The monoisotopic (exact) mass is 275 g/mol. The zero-order chi connectivity index (χ0) is 14.4. The number of piperazine rings is 1. The molecule has 1 aliphatic heterocycles. The largest absolute Gasteiger partial charge is 0.309 e. The minimum absolute atomic E-state index is 0.430. The minimum Gasteiger partial charge on any atom is -0.309 e. The van der Waals surface area contributed by atoms with Gasteiger partial charge in [0.2, 0.25) is 0 Å². The number of nitrogens with one attached hydrogen (secondary N) is 1. The van der Waals surface area contributed by atoms with Crippen LogP contribution >= 0.6 is 0 Å². The fraction of sp³-hybridized carbons (Fsp3) is 0.647. The molecule has 1 aromatic rings. The Morgan fingerprint density at radius 2 is 1.75 bits per heavy atom. The normalized spacial score (nSPS) is 20.8. The number of hydrogen-bond acceptors (Lipinski definition) is 3. The maximum absolute atomic E-state index is 3.74. The van der Waals surface area contributed by atoms with Crippen LogP contribution in [0.1, 0.15) is 31.9 Å². The molecular weight excluding hydrogens is 246 g/mol. The quantitative estimate of drug-likeness (QED) is 0.860. The highest BCUT2D eigenvalue weighted by Gasteiger charge is 2.26. The Kier molecular flexibility index (Phi) is 6.02. The summed E-state index contributed by atoms with van der Waals surface area (Å²) >= 11 is 0. The first-order valence-electron chi connectivity index (χ1n) is 7.93. The molecule has 1 aromatic carbocycles. The summed E-state index contributed by atoms with van der Waals surface area (Å²) in [5, 5.41) is 3.74. The van der Waals surface area contributed by atoms with Crippen molar-refractivity contribution in [3.63, 3.8) is 0 Å². The standard InChI is InChI=1S/C17H29N3/c1-4-10-18-17(16-8-6-5-7-9-16)15(2)20-13-11-19(3)12-14-20/h5-9,15,17-18H,4,10-14H2,1-3H3. The molecule has 1 aliphatic rings. The smallest absolute Gasteiger partial charge is 0.0475 e. The molecule has 0 aliphatic carbocycles. The fourth-order valence-corrected chi connectivity index (χ4v) is 2.97. The average molecular weight is 275 g/mol. The van der Waals surface area contributed by atoms with Crippen molar-refractivity contribution in [2.75, 3.05) is 39.8 Å². The molecule has 3 heteroatoms. The Balaban J connectivity index is 2.05. The van der Waals surface area contributed by atoms with E-state index in [1.807, 2.05) is 0 Å². The number of nitrogens with zero attached hydrogens (tertiary/aromatic N) is 2. The summed E-state index contributed by atoms with van der Waals surface area (Å²) in [5.74, 6) is 0. The second-order valence-electron chi connectivity index (χ2n) is 5.92. The van der Waals surface area contributed by atoms with Gasteiger partial charge in [-0.1, -0.05) is 37.3 Å². The summed E-state index contributed by atoms with van der Waals surface area (Å²) < 4.78 is 0. The molecule has 2 rings (SSSR count). The van der Waals surface area contributed by atoms with E-state index in [2.05, 4.69) is 66.3 Å². The first-order valence-corrected chi connectivity index (χ1v) is 7.93. The van der Waals surface area contributed by atoms with Crippen molar-refractivity contribution in [2.45, 2.75) is 32.4 Å². The Hall–Kier alpha value is -0.900. The van der Waals surface area contributed by atoms with Gasteiger partial charge in [-0.2, -0.15) is 0 Å². The van der Waals surface area contributed by atoms with Crippen molar-refractivity contribution >= 4 is 0 Å². The van der Waals surface area contributed by atoms with Crippen LogP contribution in [0.3, 0.4) is 0 Å². The van der Waals surface area contributed by atoms with Crippen molar-refractivity contribution < 1.29 is 0 Å². The second kappa shape index (κ2) is 7.77. The minimum atomic E-state index is 0.430. The Morgan fingerprint density at radius 3 is 2.35 bits per heavy atom. The molecule has 0 spiro atoms. The highest BCUT2D eigenvalue weighted by molar-refractivity contribution is 5.20. The molecule has 1 N–H and O–H groups in total. The molecular formula is C17H29N3. The van der Waals surface area contributed by atoms with E-state index in [0.29, 0.717) is 12.1 Å². The van der Waals surface area contributed by atoms with Gasteiger partial charge in [0, 0.05) is 38.3 Å². The Morgan fingerprint density at radius 1 is 1.10 bits per heavy atom. The SMILES string of the molecule is CCCNC(c1ccccc1)C(C)N1CCN(C)CC1. The molecule has 0 bridgehead atoms. The molecule has 0 aromatic heterocycles. The van der Waals surface area contributed by atoms with E-state index in [9.17, 15) is 0 Å². The van der Waals surface area contributed by atoms with Crippen LogP contribution in [0.25, 0.3) is 0 Å². The topological polar surface area (TPSA) is 18.5 Å². The lowest BCUT2D eigenvalue weighted by Crippen LogP contribution is -2.51. The first-order chi connectivity index (χ1) is 9.72. The number of likely N-dealkylation sites (N-methyl/N-ethyl adjacent to an activating group) is 1. The Bertz CT molecular complexity index is 371. The van der Waals surface area contributed by atoms with Gasteiger partial charge in [-0.15, -0.1) is 0 Å². The van der Waals surface area contributed by atoms with Crippen LogP contribution in [0.4, 0.5) is 0 Å². The molecule has 3 nitrogen and oxygen atoms in total. The third-order valence-electron chi connectivity index (χ3n) is 4.37. The number of hydrogen-bond donors (Lipinski definition) is 1. The van der Waals surface area contributed by atoms with Crippen LogP contribution < -0.4 is 5.32 Å². The molecule has 1 fully saturated rings. The van der Waals surface area contributed by atoms with E-state index in [1.165, 1.54) is 38.2 Å². The highest BCUT2D eigenvalue weighted by atomic mass is 15.3.